The van der Waals surface area contributed by atoms with Crippen molar-refractivity contribution >= 4 is 34.9 Å². The van der Waals surface area contributed by atoms with Crippen LogP contribution in [0.1, 0.15) is 31.8 Å². The number of nitrogens with zero attached hydrogens (tertiary/aromatic N) is 2. The Morgan fingerprint density at radius 3 is 2.11 bits per heavy atom. The second kappa shape index (κ2) is 8.46. The lowest BCUT2D eigenvalue weighted by Crippen LogP contribution is -2.23. The molecule has 0 radical (unpaired) electrons. The van der Waals surface area contributed by atoms with Crippen LogP contribution in [0.2, 0.25) is 0 Å². The molecule has 0 saturated heterocycles. The van der Waals surface area contributed by atoms with Gasteiger partial charge in [-0.25, -0.2) is 9.59 Å². The van der Waals surface area contributed by atoms with E-state index in [9.17, 15) is 19.6 Å². The molecule has 0 aliphatic heterocycles. The van der Waals surface area contributed by atoms with Crippen molar-refractivity contribution in [1.82, 2.24) is 0 Å². The molecular formula is C19H16N4O5. The normalized spacial score (nSPS) is 10.7. The molecule has 2 rings (SSSR count). The number of carboxylic acids is 2. The lowest BCUT2D eigenvalue weighted by molar-refractivity contribution is -0.110. The van der Waals surface area contributed by atoms with Crippen LogP contribution in [-0.2, 0) is 4.79 Å². The number of aryl methyl sites for hydroxylation is 2. The van der Waals surface area contributed by atoms with Gasteiger partial charge in [-0.1, -0.05) is 17.7 Å². The molecule has 0 unspecified atom stereocenters. The summed E-state index contributed by atoms with van der Waals surface area (Å²) < 4.78 is 0. The largest absolute Gasteiger partial charge is 0.478 e. The minimum atomic E-state index is -1.33. The highest BCUT2D eigenvalue weighted by Crippen LogP contribution is 2.17. The highest BCUT2D eigenvalue weighted by Gasteiger charge is 2.14. The second-order valence-corrected chi connectivity index (χ2v) is 5.87. The molecule has 0 aliphatic carbocycles. The first-order chi connectivity index (χ1) is 13.2. The minimum Gasteiger partial charge on any atom is -0.478 e. The Morgan fingerprint density at radius 1 is 1.00 bits per heavy atom. The van der Waals surface area contributed by atoms with Crippen LogP contribution in [0.3, 0.4) is 0 Å². The van der Waals surface area contributed by atoms with Crippen molar-refractivity contribution in [2.75, 3.05) is 10.7 Å². The quantitative estimate of drug-likeness (QED) is 0.444. The van der Waals surface area contributed by atoms with E-state index in [1.165, 1.54) is 0 Å². The van der Waals surface area contributed by atoms with E-state index in [0.717, 1.165) is 29.3 Å². The molecule has 0 fully saturated rings. The Bertz CT molecular complexity index is 1000. The molecule has 0 aliphatic rings. The van der Waals surface area contributed by atoms with Gasteiger partial charge in [0.1, 0.15) is 6.07 Å². The minimum absolute atomic E-state index is 0.00404. The Labute approximate surface area is 159 Å². The van der Waals surface area contributed by atoms with Crippen LogP contribution in [0.5, 0.6) is 0 Å². The molecule has 142 valence electrons. The average Bonchev–Trinajstić information content (AvgIpc) is 2.64. The second-order valence-electron chi connectivity index (χ2n) is 5.87. The number of anilines is 2. The summed E-state index contributed by atoms with van der Waals surface area (Å²) in [4.78, 5) is 34.5. The van der Waals surface area contributed by atoms with Gasteiger partial charge in [0, 0.05) is 5.69 Å². The predicted molar refractivity (Wildman–Crippen MR) is 102 cm³/mol. The van der Waals surface area contributed by atoms with Gasteiger partial charge in [-0.3, -0.25) is 10.2 Å². The van der Waals surface area contributed by atoms with Crippen molar-refractivity contribution in [3.05, 3.63) is 58.7 Å². The Kier molecular flexibility index (Phi) is 6.08. The van der Waals surface area contributed by atoms with Crippen molar-refractivity contribution in [2.45, 2.75) is 13.8 Å². The van der Waals surface area contributed by atoms with Gasteiger partial charge < -0.3 is 15.5 Å². The number of amides is 1. The third kappa shape index (κ3) is 4.92. The van der Waals surface area contributed by atoms with E-state index in [0.29, 0.717) is 5.69 Å². The molecule has 2 aromatic rings. The number of nitriles is 1. The van der Waals surface area contributed by atoms with Gasteiger partial charge >= 0.3 is 11.9 Å². The third-order valence-electron chi connectivity index (χ3n) is 3.67. The van der Waals surface area contributed by atoms with E-state index in [2.05, 4.69) is 15.8 Å². The van der Waals surface area contributed by atoms with Crippen LogP contribution >= 0.6 is 0 Å². The summed E-state index contributed by atoms with van der Waals surface area (Å²) in [6.45, 7) is 3.70. The lowest BCUT2D eigenvalue weighted by atomic mass is 10.1. The number of nitrogens with one attached hydrogen (secondary N) is 2. The number of carboxylic acid groups (broad SMARTS) is 2. The zero-order valence-corrected chi connectivity index (χ0v) is 15.0. The Hall–Kier alpha value is -4.19. The molecule has 0 saturated carbocycles. The summed E-state index contributed by atoms with van der Waals surface area (Å²) >= 11 is 0. The van der Waals surface area contributed by atoms with Gasteiger partial charge in [-0.15, -0.1) is 0 Å². The zero-order valence-electron chi connectivity index (χ0n) is 15.0. The summed E-state index contributed by atoms with van der Waals surface area (Å²) in [5.74, 6) is -3.43. The maximum absolute atomic E-state index is 12.3. The molecule has 0 heterocycles. The van der Waals surface area contributed by atoms with E-state index >= 15 is 0 Å². The number of hydrazone groups is 1. The fourth-order valence-electron chi connectivity index (χ4n) is 2.32. The van der Waals surface area contributed by atoms with E-state index in [1.807, 2.05) is 13.0 Å². The van der Waals surface area contributed by atoms with Crippen LogP contribution in [0.15, 0.2) is 41.5 Å². The summed E-state index contributed by atoms with van der Waals surface area (Å²) in [6.07, 6.45) is 0. The lowest BCUT2D eigenvalue weighted by Gasteiger charge is -2.09. The monoisotopic (exact) mass is 380 g/mol. The van der Waals surface area contributed by atoms with Crippen LogP contribution in [-0.4, -0.2) is 33.8 Å². The van der Waals surface area contributed by atoms with Crippen LogP contribution < -0.4 is 10.7 Å². The van der Waals surface area contributed by atoms with Crippen molar-refractivity contribution in [3.63, 3.8) is 0 Å². The molecule has 0 bridgehead atoms. The number of hydrogen-bond donors (Lipinski definition) is 4. The summed E-state index contributed by atoms with van der Waals surface area (Å²) in [5.41, 5.74) is 3.61. The predicted octanol–water partition coefficient (Wildman–Crippen LogP) is 2.63. The first-order valence-corrected chi connectivity index (χ1v) is 7.95. The van der Waals surface area contributed by atoms with Gasteiger partial charge in [-0.05, 0) is 43.7 Å². The molecule has 2 aromatic carbocycles. The molecule has 0 atom stereocenters. The standard InChI is InChI=1S/C19H16N4O5/c1-10-3-4-15(11(2)5-10)21-17(24)16(9-20)23-22-14-7-12(18(25)26)6-13(8-14)19(27)28/h3-8,22H,1-2H3,(H,21,24)(H,25,26)(H,27,28). The zero-order chi connectivity index (χ0) is 20.8. The van der Waals surface area contributed by atoms with Crippen molar-refractivity contribution in [3.8, 4) is 6.07 Å². The Morgan fingerprint density at radius 2 is 1.61 bits per heavy atom. The summed E-state index contributed by atoms with van der Waals surface area (Å²) in [7, 11) is 0. The number of carbonyl (C=O) groups excluding carboxylic acids is 1. The van der Waals surface area contributed by atoms with E-state index in [-0.39, 0.29) is 16.8 Å². The van der Waals surface area contributed by atoms with E-state index in [4.69, 9.17) is 10.2 Å². The fourth-order valence-corrected chi connectivity index (χ4v) is 2.32. The maximum Gasteiger partial charge on any atom is 0.335 e. The number of rotatable bonds is 6. The van der Waals surface area contributed by atoms with Gasteiger partial charge in [0.05, 0.1) is 16.8 Å². The van der Waals surface area contributed by atoms with Gasteiger partial charge in [0.2, 0.25) is 5.71 Å². The maximum atomic E-state index is 12.3. The van der Waals surface area contributed by atoms with Crippen LogP contribution in [0, 0.1) is 25.2 Å². The van der Waals surface area contributed by atoms with Gasteiger partial charge in [0.25, 0.3) is 5.91 Å². The highest BCUT2D eigenvalue weighted by molar-refractivity contribution is 6.48. The van der Waals surface area contributed by atoms with Crippen LogP contribution in [0.4, 0.5) is 11.4 Å². The molecule has 9 heteroatoms. The number of benzene rings is 2. The average molecular weight is 380 g/mol. The number of aromatic carboxylic acids is 2. The Balaban J connectivity index is 2.25. The first-order valence-electron chi connectivity index (χ1n) is 7.95. The van der Waals surface area contributed by atoms with Crippen molar-refractivity contribution in [1.29, 1.82) is 5.26 Å². The molecule has 0 spiro atoms. The molecule has 0 aromatic heterocycles. The van der Waals surface area contributed by atoms with Gasteiger partial charge in [-0.2, -0.15) is 10.4 Å². The van der Waals surface area contributed by atoms with E-state index < -0.39 is 23.6 Å². The number of carbonyl (C=O) groups is 3. The molecule has 1 amide bonds. The SMILES string of the molecule is Cc1ccc(NC(=O)C(C#N)=NNc2cc(C(=O)O)cc(C(=O)O)c2)c(C)c1. The molecule has 9 nitrogen and oxygen atoms in total. The van der Waals surface area contributed by atoms with E-state index in [1.54, 1.807) is 25.1 Å². The van der Waals surface area contributed by atoms with Crippen molar-refractivity contribution in [2.24, 2.45) is 5.10 Å². The smallest absolute Gasteiger partial charge is 0.335 e. The number of hydrogen-bond acceptors (Lipinski definition) is 6. The molecule has 4 N–H and O–H groups in total. The summed E-state index contributed by atoms with van der Waals surface area (Å²) in [6, 6.07) is 10.3. The highest BCUT2D eigenvalue weighted by atomic mass is 16.4. The van der Waals surface area contributed by atoms with Crippen LogP contribution in [0.25, 0.3) is 0 Å². The first kappa shape index (κ1) is 20.1. The fraction of sp³-hybridized carbons (Fsp3) is 0.105. The summed E-state index contributed by atoms with van der Waals surface area (Å²) in [5, 5.41) is 33.5. The molecule has 28 heavy (non-hydrogen) atoms. The van der Waals surface area contributed by atoms with Gasteiger partial charge in [0.15, 0.2) is 0 Å². The van der Waals surface area contributed by atoms with Crippen molar-refractivity contribution < 1.29 is 24.6 Å². The topological polar surface area (TPSA) is 152 Å². The third-order valence-corrected chi connectivity index (χ3v) is 3.67. The molecular weight excluding hydrogens is 364 g/mol.